The number of ether oxygens (including phenoxy) is 2. The maximum Gasteiger partial charge on any atom is 0.613 e. The summed E-state index contributed by atoms with van der Waals surface area (Å²) in [4.78, 5) is 37.0. The number of esters is 1. The van der Waals surface area contributed by atoms with Crippen molar-refractivity contribution >= 4 is 14.1 Å². The fourth-order valence-corrected chi connectivity index (χ4v) is 2.86. The van der Waals surface area contributed by atoms with Gasteiger partial charge >= 0.3 is 19.8 Å². The third kappa shape index (κ3) is 8.11. The number of aryl methyl sites for hydroxylation is 1. The SMILES string of the molecule is Cc1cn([C@H](C)O[C@@H](CO[P+](=O)N[C@@H](C)C(=O)OC(C)C)[C@H](O)F)c(=O)[nH]c1=O. The van der Waals surface area contributed by atoms with Crippen LogP contribution in [0.1, 0.15) is 39.5 Å². The van der Waals surface area contributed by atoms with Crippen LogP contribution in [0.15, 0.2) is 15.8 Å². The van der Waals surface area contributed by atoms with Crippen molar-refractivity contribution in [2.24, 2.45) is 0 Å². The maximum atomic E-state index is 13.5. The van der Waals surface area contributed by atoms with E-state index in [1.165, 1.54) is 27.0 Å². The minimum atomic E-state index is -2.60. The van der Waals surface area contributed by atoms with Gasteiger partial charge in [0.15, 0.2) is 0 Å². The quantitative estimate of drug-likeness (QED) is 0.334. The molecule has 164 valence electrons. The van der Waals surface area contributed by atoms with E-state index in [9.17, 15) is 28.4 Å². The first-order valence-electron chi connectivity index (χ1n) is 8.78. The lowest BCUT2D eigenvalue weighted by atomic mass is 10.3. The average Bonchev–Trinajstić information content (AvgIpc) is 2.60. The summed E-state index contributed by atoms with van der Waals surface area (Å²) in [6.45, 7) is 6.92. The molecule has 1 aromatic rings. The van der Waals surface area contributed by atoms with E-state index < -0.39 is 56.7 Å². The highest BCUT2D eigenvalue weighted by atomic mass is 31.1. The Labute approximate surface area is 167 Å². The predicted octanol–water partition coefficient (Wildman–Crippen LogP) is 0.640. The zero-order valence-electron chi connectivity index (χ0n) is 16.7. The van der Waals surface area contributed by atoms with Gasteiger partial charge in [-0.05, 0) is 39.2 Å². The molecule has 29 heavy (non-hydrogen) atoms. The molecule has 5 atom stereocenters. The highest BCUT2D eigenvalue weighted by Gasteiger charge is 2.32. The molecule has 3 N–H and O–H groups in total. The number of carbonyl (C=O) groups excluding carboxylic acids is 1. The van der Waals surface area contributed by atoms with Gasteiger partial charge in [-0.25, -0.2) is 9.18 Å². The third-order valence-corrected chi connectivity index (χ3v) is 4.56. The van der Waals surface area contributed by atoms with Gasteiger partial charge in [-0.1, -0.05) is 5.09 Å². The molecular formula is C16H26FN3O8P+. The van der Waals surface area contributed by atoms with E-state index in [1.54, 1.807) is 13.8 Å². The number of aliphatic hydroxyl groups is 1. The van der Waals surface area contributed by atoms with Gasteiger partial charge in [-0.2, -0.15) is 0 Å². The highest BCUT2D eigenvalue weighted by molar-refractivity contribution is 7.36. The number of aromatic amines is 1. The predicted molar refractivity (Wildman–Crippen MR) is 100 cm³/mol. The van der Waals surface area contributed by atoms with Gasteiger partial charge in [0.25, 0.3) is 5.56 Å². The molecule has 11 nitrogen and oxygen atoms in total. The van der Waals surface area contributed by atoms with Gasteiger partial charge < -0.3 is 14.6 Å². The number of hydrogen-bond donors (Lipinski definition) is 3. The minimum Gasteiger partial charge on any atom is -0.462 e. The first kappa shape index (κ1) is 25.1. The number of rotatable bonds is 11. The zero-order valence-corrected chi connectivity index (χ0v) is 17.6. The van der Waals surface area contributed by atoms with E-state index in [4.69, 9.17) is 14.0 Å². The summed E-state index contributed by atoms with van der Waals surface area (Å²) in [7, 11) is -2.60. The minimum absolute atomic E-state index is 0.225. The molecule has 1 rings (SSSR count). The second-order valence-corrected chi connectivity index (χ2v) is 7.55. The number of halogens is 1. The Balaban J connectivity index is 2.69. The van der Waals surface area contributed by atoms with Crippen LogP contribution in [0.25, 0.3) is 0 Å². The summed E-state index contributed by atoms with van der Waals surface area (Å²) in [5.74, 6) is -0.647. The lowest BCUT2D eigenvalue weighted by molar-refractivity contribution is -0.153. The maximum absolute atomic E-state index is 13.5. The van der Waals surface area contributed by atoms with Crippen molar-refractivity contribution in [1.29, 1.82) is 0 Å². The van der Waals surface area contributed by atoms with Crippen molar-refractivity contribution in [1.82, 2.24) is 14.6 Å². The summed E-state index contributed by atoms with van der Waals surface area (Å²) >= 11 is 0. The van der Waals surface area contributed by atoms with Crippen molar-refractivity contribution < 1.29 is 32.9 Å². The van der Waals surface area contributed by atoms with Crippen LogP contribution < -0.4 is 16.3 Å². The molecule has 0 bridgehead atoms. The number of alkyl halides is 1. The standard InChI is InChI=1S/C16H25FN3O8P/c1-8(2)27-15(23)10(4)19-29(25)26-7-12(13(17)21)28-11(5)20-6-9(3)14(22)18-16(20)24/h6,8,10-13,21H,7H2,1-5H3,(H-,18,19,22,24,25)/p+1/t10-,11-,12-,13-/m0/s1. The number of H-pyrrole nitrogens is 1. The van der Waals surface area contributed by atoms with Gasteiger partial charge in [-0.15, -0.1) is 4.52 Å². The Kier molecular flexibility index (Phi) is 9.74. The van der Waals surface area contributed by atoms with Crippen molar-refractivity contribution in [3.8, 4) is 0 Å². The summed E-state index contributed by atoms with van der Waals surface area (Å²) in [6.07, 6.45) is -4.32. The molecule has 0 aliphatic rings. The Morgan fingerprint density at radius 1 is 1.34 bits per heavy atom. The molecule has 0 aliphatic carbocycles. The number of nitrogens with zero attached hydrogens (tertiary/aromatic N) is 1. The van der Waals surface area contributed by atoms with Crippen LogP contribution in [-0.2, 0) is 23.4 Å². The molecule has 0 aromatic carbocycles. The molecule has 0 aliphatic heterocycles. The van der Waals surface area contributed by atoms with Crippen molar-refractivity contribution in [2.45, 2.75) is 65.5 Å². The van der Waals surface area contributed by atoms with Crippen LogP contribution >= 0.6 is 8.18 Å². The van der Waals surface area contributed by atoms with Crippen molar-refractivity contribution in [3.05, 3.63) is 32.6 Å². The monoisotopic (exact) mass is 438 g/mol. The Morgan fingerprint density at radius 2 is 1.97 bits per heavy atom. The fourth-order valence-electron chi connectivity index (χ4n) is 2.08. The Morgan fingerprint density at radius 3 is 2.52 bits per heavy atom. The smallest absolute Gasteiger partial charge is 0.462 e. The summed E-state index contributed by atoms with van der Waals surface area (Å²) in [5.41, 5.74) is -1.13. The van der Waals surface area contributed by atoms with E-state index in [2.05, 4.69) is 10.1 Å². The van der Waals surface area contributed by atoms with Gasteiger partial charge in [0, 0.05) is 11.8 Å². The van der Waals surface area contributed by atoms with Gasteiger partial charge in [0.05, 0.1) is 6.10 Å². The van der Waals surface area contributed by atoms with E-state index in [0.717, 1.165) is 4.57 Å². The Hall–Kier alpha value is -1.98. The molecule has 0 amide bonds. The van der Waals surface area contributed by atoms with E-state index in [0.29, 0.717) is 0 Å². The fraction of sp³-hybridized carbons (Fsp3) is 0.688. The molecule has 0 fully saturated rings. The largest absolute Gasteiger partial charge is 0.613 e. The second-order valence-electron chi connectivity index (χ2n) is 6.51. The van der Waals surface area contributed by atoms with E-state index in [1.807, 2.05) is 0 Å². The first-order chi connectivity index (χ1) is 13.4. The van der Waals surface area contributed by atoms with Crippen LogP contribution in [-0.4, -0.2) is 51.8 Å². The number of nitrogens with one attached hydrogen (secondary N) is 2. The number of carbonyl (C=O) groups is 1. The first-order valence-corrected chi connectivity index (χ1v) is 9.96. The average molecular weight is 438 g/mol. The van der Waals surface area contributed by atoms with E-state index >= 15 is 0 Å². The number of aromatic nitrogens is 2. The summed E-state index contributed by atoms with van der Waals surface area (Å²) in [5, 5.41) is 11.6. The molecule has 1 heterocycles. The summed E-state index contributed by atoms with van der Waals surface area (Å²) < 4.78 is 41.5. The highest BCUT2D eigenvalue weighted by Crippen LogP contribution is 2.21. The molecular weight excluding hydrogens is 412 g/mol. The van der Waals surface area contributed by atoms with Gasteiger partial charge in [0.1, 0.15) is 25.0 Å². The van der Waals surface area contributed by atoms with Crippen LogP contribution in [0.5, 0.6) is 0 Å². The molecule has 1 aromatic heterocycles. The Bertz CT molecular complexity index is 825. The molecule has 0 saturated heterocycles. The number of aliphatic hydroxyl groups excluding tert-OH is 1. The van der Waals surface area contributed by atoms with Crippen LogP contribution in [0.2, 0.25) is 0 Å². The number of hydrogen-bond acceptors (Lipinski definition) is 8. The van der Waals surface area contributed by atoms with Crippen LogP contribution in [0.3, 0.4) is 0 Å². The molecule has 0 spiro atoms. The molecule has 0 saturated carbocycles. The lowest BCUT2D eigenvalue weighted by Crippen LogP contribution is -2.38. The van der Waals surface area contributed by atoms with Gasteiger partial charge in [-0.3, -0.25) is 19.1 Å². The summed E-state index contributed by atoms with van der Waals surface area (Å²) in [6, 6.07) is -0.947. The topological polar surface area (TPSA) is 149 Å². The van der Waals surface area contributed by atoms with Gasteiger partial charge in [0.2, 0.25) is 6.36 Å². The molecule has 1 unspecified atom stereocenters. The van der Waals surface area contributed by atoms with Crippen LogP contribution in [0.4, 0.5) is 4.39 Å². The lowest BCUT2D eigenvalue weighted by Gasteiger charge is -2.22. The second kappa shape index (κ2) is 11.3. The van der Waals surface area contributed by atoms with Crippen molar-refractivity contribution in [2.75, 3.05) is 6.61 Å². The third-order valence-electron chi connectivity index (χ3n) is 3.58. The zero-order chi connectivity index (χ0) is 22.3. The normalized spacial score (nSPS) is 16.2. The molecule has 0 radical (unpaired) electrons. The van der Waals surface area contributed by atoms with Crippen molar-refractivity contribution in [3.63, 3.8) is 0 Å². The van der Waals surface area contributed by atoms with E-state index in [-0.39, 0.29) is 11.7 Å². The molecule has 13 heteroatoms. The van der Waals surface area contributed by atoms with Crippen LogP contribution in [0, 0.1) is 6.92 Å².